The van der Waals surface area contributed by atoms with Gasteiger partial charge < -0.3 is 15.1 Å². The van der Waals surface area contributed by atoms with Gasteiger partial charge in [0.15, 0.2) is 0 Å². The first-order valence-corrected chi connectivity index (χ1v) is 6.78. The molecule has 2 aliphatic heterocycles. The van der Waals surface area contributed by atoms with Crippen LogP contribution in [0.3, 0.4) is 0 Å². The van der Waals surface area contributed by atoms with Crippen molar-refractivity contribution in [2.24, 2.45) is 0 Å². The monoisotopic (exact) mass is 253 g/mol. The molecule has 2 heterocycles. The number of piperidine rings is 1. The molecular weight excluding hydrogens is 230 g/mol. The van der Waals surface area contributed by atoms with Crippen LogP contribution in [0.1, 0.15) is 32.6 Å². The van der Waals surface area contributed by atoms with Gasteiger partial charge in [-0.15, -0.1) is 0 Å². The maximum absolute atomic E-state index is 12.1. The zero-order valence-electron chi connectivity index (χ0n) is 11.4. The van der Waals surface area contributed by atoms with Crippen molar-refractivity contribution in [2.75, 3.05) is 33.2 Å². The molecule has 2 rings (SSSR count). The molecule has 0 bridgehead atoms. The number of likely N-dealkylation sites (tertiary alicyclic amines) is 2. The van der Waals surface area contributed by atoms with Crippen LogP contribution in [0, 0.1) is 0 Å². The minimum absolute atomic E-state index is 0.100. The summed E-state index contributed by atoms with van der Waals surface area (Å²) >= 11 is 0. The average Bonchev–Trinajstić information content (AvgIpc) is 2.76. The smallest absolute Gasteiger partial charge is 0.242 e. The van der Waals surface area contributed by atoms with Crippen LogP contribution in [0.15, 0.2) is 0 Å². The van der Waals surface area contributed by atoms with E-state index in [4.69, 9.17) is 0 Å². The molecule has 2 amide bonds. The van der Waals surface area contributed by atoms with Gasteiger partial charge in [-0.2, -0.15) is 0 Å². The molecule has 2 fully saturated rings. The largest absolute Gasteiger partial charge is 0.341 e. The second kappa shape index (κ2) is 5.26. The summed E-state index contributed by atoms with van der Waals surface area (Å²) in [4.78, 5) is 27.2. The van der Waals surface area contributed by atoms with Crippen molar-refractivity contribution < 1.29 is 9.59 Å². The first kappa shape index (κ1) is 13.3. The molecular formula is C13H23N3O2. The molecule has 102 valence electrons. The van der Waals surface area contributed by atoms with Crippen LogP contribution in [0.2, 0.25) is 0 Å². The van der Waals surface area contributed by atoms with Gasteiger partial charge in [-0.3, -0.25) is 9.59 Å². The molecule has 1 N–H and O–H groups in total. The zero-order valence-corrected chi connectivity index (χ0v) is 11.4. The number of carbonyl (C=O) groups is 2. The summed E-state index contributed by atoms with van der Waals surface area (Å²) in [6, 6.07) is 0. The Labute approximate surface area is 108 Å². The highest BCUT2D eigenvalue weighted by atomic mass is 16.2. The van der Waals surface area contributed by atoms with E-state index in [1.807, 2.05) is 11.9 Å². The molecule has 5 heteroatoms. The summed E-state index contributed by atoms with van der Waals surface area (Å²) in [7, 11) is 1.97. The van der Waals surface area contributed by atoms with Gasteiger partial charge in [-0.25, -0.2) is 0 Å². The van der Waals surface area contributed by atoms with E-state index in [0.29, 0.717) is 6.42 Å². The SMILES string of the molecule is CNC1(C)CCN(C(=O)CN2CCCC2=O)CC1. The first-order chi connectivity index (χ1) is 8.54. The van der Waals surface area contributed by atoms with Crippen LogP contribution in [0.25, 0.3) is 0 Å². The molecule has 0 unspecified atom stereocenters. The molecule has 0 spiro atoms. The Balaban J connectivity index is 1.82. The molecule has 0 aromatic heterocycles. The number of nitrogens with zero attached hydrogens (tertiary/aromatic N) is 2. The van der Waals surface area contributed by atoms with Crippen molar-refractivity contribution in [3.63, 3.8) is 0 Å². The van der Waals surface area contributed by atoms with Gasteiger partial charge in [0.25, 0.3) is 0 Å². The van der Waals surface area contributed by atoms with E-state index < -0.39 is 0 Å². The molecule has 18 heavy (non-hydrogen) atoms. The van der Waals surface area contributed by atoms with Gasteiger partial charge in [0.05, 0.1) is 6.54 Å². The normalized spacial score (nSPS) is 23.6. The van der Waals surface area contributed by atoms with E-state index in [1.54, 1.807) is 4.90 Å². The van der Waals surface area contributed by atoms with Crippen LogP contribution in [-0.2, 0) is 9.59 Å². The molecule has 0 saturated carbocycles. The minimum atomic E-state index is 0.100. The van der Waals surface area contributed by atoms with Crippen LogP contribution in [-0.4, -0.2) is 60.4 Å². The van der Waals surface area contributed by atoms with E-state index in [9.17, 15) is 9.59 Å². The maximum Gasteiger partial charge on any atom is 0.242 e. The molecule has 0 atom stereocenters. The van der Waals surface area contributed by atoms with Crippen molar-refractivity contribution in [3.05, 3.63) is 0 Å². The molecule has 0 aliphatic carbocycles. The fourth-order valence-electron chi connectivity index (χ4n) is 2.63. The summed E-state index contributed by atoms with van der Waals surface area (Å²) < 4.78 is 0. The van der Waals surface area contributed by atoms with Gasteiger partial charge in [-0.05, 0) is 33.2 Å². The molecule has 0 aromatic carbocycles. The number of carbonyl (C=O) groups excluding carboxylic acids is 2. The first-order valence-electron chi connectivity index (χ1n) is 6.78. The predicted octanol–water partition coefficient (Wildman–Crippen LogP) is 0.209. The molecule has 0 radical (unpaired) electrons. The minimum Gasteiger partial charge on any atom is -0.341 e. The molecule has 2 aliphatic rings. The van der Waals surface area contributed by atoms with Crippen molar-refractivity contribution in [1.82, 2.24) is 15.1 Å². The topological polar surface area (TPSA) is 52.7 Å². The molecule has 0 aromatic rings. The lowest BCUT2D eigenvalue weighted by molar-refractivity contribution is -0.139. The van der Waals surface area contributed by atoms with Gasteiger partial charge in [0.2, 0.25) is 11.8 Å². The highest BCUT2D eigenvalue weighted by Crippen LogP contribution is 2.21. The average molecular weight is 253 g/mol. The van der Waals surface area contributed by atoms with E-state index in [2.05, 4.69) is 12.2 Å². The molecule has 2 saturated heterocycles. The van der Waals surface area contributed by atoms with E-state index in [0.717, 1.165) is 38.9 Å². The maximum atomic E-state index is 12.1. The Morgan fingerprint density at radius 3 is 2.50 bits per heavy atom. The fourth-order valence-corrected chi connectivity index (χ4v) is 2.63. The summed E-state index contributed by atoms with van der Waals surface area (Å²) in [6.45, 7) is 4.79. The van der Waals surface area contributed by atoms with Crippen LogP contribution >= 0.6 is 0 Å². The predicted molar refractivity (Wildman–Crippen MR) is 69.1 cm³/mol. The Bertz CT molecular complexity index is 335. The lowest BCUT2D eigenvalue weighted by Crippen LogP contribution is -2.53. The van der Waals surface area contributed by atoms with Crippen LogP contribution in [0.4, 0.5) is 0 Å². The van der Waals surface area contributed by atoms with E-state index in [1.165, 1.54) is 0 Å². The fraction of sp³-hybridized carbons (Fsp3) is 0.846. The summed E-state index contributed by atoms with van der Waals surface area (Å²) in [5.41, 5.74) is 0.153. The molecule has 5 nitrogen and oxygen atoms in total. The number of hydrogen-bond acceptors (Lipinski definition) is 3. The third kappa shape index (κ3) is 2.83. The van der Waals surface area contributed by atoms with Gasteiger partial charge >= 0.3 is 0 Å². The van der Waals surface area contributed by atoms with Crippen molar-refractivity contribution in [3.8, 4) is 0 Å². The highest BCUT2D eigenvalue weighted by Gasteiger charge is 2.31. The Hall–Kier alpha value is -1.10. The second-order valence-electron chi connectivity index (χ2n) is 5.61. The quantitative estimate of drug-likeness (QED) is 0.782. The lowest BCUT2D eigenvalue weighted by Gasteiger charge is -2.39. The van der Waals surface area contributed by atoms with E-state index >= 15 is 0 Å². The zero-order chi connectivity index (χ0) is 13.2. The van der Waals surface area contributed by atoms with Gasteiger partial charge in [0.1, 0.15) is 0 Å². The standard InChI is InChI=1S/C13H23N3O2/c1-13(14-2)5-8-15(9-6-13)12(18)10-16-7-3-4-11(16)17/h14H,3-10H2,1-2H3. The Kier molecular flexibility index (Phi) is 3.90. The Morgan fingerprint density at radius 2 is 2.00 bits per heavy atom. The van der Waals surface area contributed by atoms with Crippen molar-refractivity contribution in [2.45, 2.75) is 38.1 Å². The number of nitrogens with one attached hydrogen (secondary N) is 1. The second-order valence-corrected chi connectivity index (χ2v) is 5.61. The third-order valence-corrected chi connectivity index (χ3v) is 4.32. The van der Waals surface area contributed by atoms with Crippen molar-refractivity contribution >= 4 is 11.8 Å². The Morgan fingerprint density at radius 1 is 1.33 bits per heavy atom. The van der Waals surface area contributed by atoms with Crippen LogP contribution < -0.4 is 5.32 Å². The number of amides is 2. The van der Waals surface area contributed by atoms with Gasteiger partial charge in [0, 0.05) is 31.6 Å². The summed E-state index contributed by atoms with van der Waals surface area (Å²) in [5.74, 6) is 0.226. The number of rotatable bonds is 3. The van der Waals surface area contributed by atoms with Crippen LogP contribution in [0.5, 0.6) is 0 Å². The third-order valence-electron chi connectivity index (χ3n) is 4.32. The van der Waals surface area contributed by atoms with Crippen molar-refractivity contribution in [1.29, 1.82) is 0 Å². The highest BCUT2D eigenvalue weighted by molar-refractivity contribution is 5.85. The summed E-state index contributed by atoms with van der Waals surface area (Å²) in [6.07, 6.45) is 3.45. The lowest BCUT2D eigenvalue weighted by atomic mass is 9.90. The van der Waals surface area contributed by atoms with E-state index in [-0.39, 0.29) is 23.9 Å². The summed E-state index contributed by atoms with van der Waals surface area (Å²) in [5, 5.41) is 3.32. The van der Waals surface area contributed by atoms with Gasteiger partial charge in [-0.1, -0.05) is 0 Å². The number of hydrogen-bond donors (Lipinski definition) is 1.